The molecule has 3 aromatic rings. The molecule has 3 heterocycles. The maximum absolute atomic E-state index is 14.7. The van der Waals surface area contributed by atoms with Gasteiger partial charge in [-0.25, -0.2) is 9.37 Å². The number of benzene rings is 1. The number of likely N-dealkylation sites (N-methyl/N-ethyl adjacent to an activating group) is 1. The van der Waals surface area contributed by atoms with Gasteiger partial charge in [0.2, 0.25) is 11.4 Å². The van der Waals surface area contributed by atoms with Crippen LogP contribution in [0.3, 0.4) is 0 Å². The fourth-order valence-electron chi connectivity index (χ4n) is 3.36. The average molecular weight is 427 g/mol. The minimum Gasteiger partial charge on any atom is -0.369 e. The number of likely N-dealkylation sites (tertiary alicyclic amines) is 1. The molecule has 1 saturated heterocycles. The minimum absolute atomic E-state index is 0.0905. The molecule has 1 fully saturated rings. The highest BCUT2D eigenvalue weighted by atomic mass is 35.5. The Kier molecular flexibility index (Phi) is 4.73. The topological polar surface area (TPSA) is 101 Å². The van der Waals surface area contributed by atoms with E-state index in [4.69, 9.17) is 17.3 Å². The molecule has 4 rings (SSSR count). The second kappa shape index (κ2) is 7.13. The summed E-state index contributed by atoms with van der Waals surface area (Å²) in [5, 5.41) is 10.8. The highest BCUT2D eigenvalue weighted by Crippen LogP contribution is 2.29. The second-order valence-electron chi connectivity index (χ2n) is 7.03. The molecule has 1 unspecified atom stereocenters. The number of carbonyl (C=O) groups excluding carboxylic acids is 2. The highest BCUT2D eigenvalue weighted by Gasteiger charge is 2.42. The van der Waals surface area contributed by atoms with Gasteiger partial charge in [0.25, 0.3) is 11.8 Å². The number of fused-ring (bicyclic) bond motifs is 1. The summed E-state index contributed by atoms with van der Waals surface area (Å²) < 4.78 is 16.0. The Labute approximate surface area is 175 Å². The Morgan fingerprint density at radius 3 is 2.80 bits per heavy atom. The van der Waals surface area contributed by atoms with Gasteiger partial charge in [0.05, 0.1) is 16.2 Å². The second-order valence-corrected chi connectivity index (χ2v) is 7.47. The average Bonchev–Trinajstić information content (AvgIpc) is 3.20. The van der Waals surface area contributed by atoms with Crippen LogP contribution in [0.5, 0.6) is 0 Å². The van der Waals surface area contributed by atoms with Gasteiger partial charge in [-0.1, -0.05) is 23.4 Å². The number of aliphatic hydroxyl groups is 1. The first-order chi connectivity index (χ1) is 14.2. The van der Waals surface area contributed by atoms with Crippen molar-refractivity contribution >= 4 is 28.9 Å². The molecule has 0 aliphatic carbocycles. The summed E-state index contributed by atoms with van der Waals surface area (Å²) in [5.41, 5.74) is 4.73. The number of halogens is 2. The molecule has 2 amide bonds. The number of amides is 2. The predicted molar refractivity (Wildman–Crippen MR) is 108 cm³/mol. The van der Waals surface area contributed by atoms with E-state index in [1.54, 1.807) is 19.2 Å². The van der Waals surface area contributed by atoms with Crippen molar-refractivity contribution in [1.29, 1.82) is 0 Å². The molecule has 9 heteroatoms. The lowest BCUT2D eigenvalue weighted by molar-refractivity contribution is -0.137. The Morgan fingerprint density at radius 1 is 1.37 bits per heavy atom. The van der Waals surface area contributed by atoms with Gasteiger partial charge >= 0.3 is 0 Å². The molecule has 1 aromatic carbocycles. The third-order valence-corrected chi connectivity index (χ3v) is 5.19. The first-order valence-electron chi connectivity index (χ1n) is 8.98. The van der Waals surface area contributed by atoms with Crippen LogP contribution in [0.1, 0.15) is 22.6 Å². The molecular weight excluding hydrogens is 411 g/mol. The SMILES string of the molecule is CN1CCC(O)(C#Cc2ccc(F)c(-c3nc(C(N)=O)n4cc(Cl)ccc34)c2)C1=O. The fraction of sp³-hybridized carbons (Fsp3) is 0.190. The van der Waals surface area contributed by atoms with Crippen LogP contribution in [-0.4, -0.2) is 50.4 Å². The van der Waals surface area contributed by atoms with E-state index in [0.717, 1.165) is 0 Å². The third kappa shape index (κ3) is 3.28. The van der Waals surface area contributed by atoms with Crippen molar-refractivity contribution in [2.24, 2.45) is 5.73 Å². The van der Waals surface area contributed by atoms with Gasteiger partial charge in [-0.2, -0.15) is 0 Å². The largest absolute Gasteiger partial charge is 0.369 e. The van der Waals surface area contributed by atoms with Crippen molar-refractivity contribution in [3.63, 3.8) is 0 Å². The first-order valence-corrected chi connectivity index (χ1v) is 9.36. The van der Waals surface area contributed by atoms with Crippen molar-refractivity contribution in [2.45, 2.75) is 12.0 Å². The lowest BCUT2D eigenvalue weighted by Gasteiger charge is -2.13. The summed E-state index contributed by atoms with van der Waals surface area (Å²) in [4.78, 5) is 29.5. The molecule has 2 aromatic heterocycles. The Hall–Kier alpha value is -3.41. The number of hydrogen-bond acceptors (Lipinski definition) is 4. The number of imidazole rings is 1. The number of primary amides is 1. The van der Waals surface area contributed by atoms with Crippen LogP contribution in [0.15, 0.2) is 36.5 Å². The van der Waals surface area contributed by atoms with Crippen molar-refractivity contribution in [2.75, 3.05) is 13.6 Å². The number of carbonyl (C=O) groups is 2. The number of rotatable bonds is 2. The summed E-state index contributed by atoms with van der Waals surface area (Å²) in [6.07, 6.45) is 1.66. The summed E-state index contributed by atoms with van der Waals surface area (Å²) >= 11 is 6.00. The Morgan fingerprint density at radius 2 is 2.13 bits per heavy atom. The van der Waals surface area contributed by atoms with Crippen LogP contribution in [0, 0.1) is 17.7 Å². The molecule has 0 spiro atoms. The van der Waals surface area contributed by atoms with E-state index < -0.39 is 23.2 Å². The molecule has 30 heavy (non-hydrogen) atoms. The van der Waals surface area contributed by atoms with E-state index in [-0.39, 0.29) is 23.5 Å². The zero-order chi connectivity index (χ0) is 21.6. The number of nitrogens with two attached hydrogens (primary N) is 1. The van der Waals surface area contributed by atoms with E-state index in [1.165, 1.54) is 33.7 Å². The molecular formula is C21H16ClFN4O3. The van der Waals surface area contributed by atoms with Crippen LogP contribution in [0.25, 0.3) is 16.8 Å². The first kappa shape index (κ1) is 19.9. The number of pyridine rings is 1. The minimum atomic E-state index is -1.76. The zero-order valence-electron chi connectivity index (χ0n) is 15.8. The molecule has 152 valence electrons. The third-order valence-electron chi connectivity index (χ3n) is 4.97. The standard InChI is InChI=1S/C21H16ClFN4O3/c1-26-9-8-21(30,20(26)29)7-6-12-2-4-15(23)14(10-12)17-16-5-3-13(22)11-27(16)19(25-17)18(24)28/h2-5,10-11,30H,8-9H2,1H3,(H2,24,28). The summed E-state index contributed by atoms with van der Waals surface area (Å²) in [6.45, 7) is 0.401. The smallest absolute Gasteiger partial charge is 0.285 e. The molecule has 0 bridgehead atoms. The van der Waals surface area contributed by atoms with Crippen LogP contribution >= 0.6 is 11.6 Å². The molecule has 1 atom stereocenters. The Balaban J connectivity index is 1.82. The maximum Gasteiger partial charge on any atom is 0.285 e. The maximum atomic E-state index is 14.7. The van der Waals surface area contributed by atoms with Crippen molar-refractivity contribution in [3.05, 3.63) is 58.8 Å². The Bertz CT molecular complexity index is 1280. The van der Waals surface area contributed by atoms with Gasteiger partial charge in [-0.15, -0.1) is 0 Å². The zero-order valence-corrected chi connectivity index (χ0v) is 16.6. The molecule has 7 nitrogen and oxygen atoms in total. The van der Waals surface area contributed by atoms with Gasteiger partial charge in [0, 0.05) is 37.3 Å². The molecule has 0 saturated carbocycles. The highest BCUT2D eigenvalue weighted by molar-refractivity contribution is 6.30. The van der Waals surface area contributed by atoms with Crippen LogP contribution < -0.4 is 5.73 Å². The molecule has 0 radical (unpaired) electrons. The van der Waals surface area contributed by atoms with Gasteiger partial charge < -0.3 is 15.7 Å². The van der Waals surface area contributed by atoms with Gasteiger partial charge in [0.1, 0.15) is 5.82 Å². The van der Waals surface area contributed by atoms with E-state index in [9.17, 15) is 19.1 Å². The van der Waals surface area contributed by atoms with Crippen LogP contribution in [-0.2, 0) is 4.79 Å². The van der Waals surface area contributed by atoms with Crippen molar-refractivity contribution < 1.29 is 19.1 Å². The van der Waals surface area contributed by atoms with Crippen LogP contribution in [0.2, 0.25) is 5.02 Å². The normalized spacial score (nSPS) is 18.5. The van der Waals surface area contributed by atoms with Gasteiger partial charge in [0.15, 0.2) is 0 Å². The fourth-order valence-corrected chi connectivity index (χ4v) is 3.52. The quantitative estimate of drug-likeness (QED) is 0.610. The van der Waals surface area contributed by atoms with E-state index in [2.05, 4.69) is 16.8 Å². The summed E-state index contributed by atoms with van der Waals surface area (Å²) in [7, 11) is 1.59. The summed E-state index contributed by atoms with van der Waals surface area (Å²) in [6, 6.07) is 7.27. The van der Waals surface area contributed by atoms with E-state index >= 15 is 0 Å². The van der Waals surface area contributed by atoms with E-state index in [1.807, 2.05) is 0 Å². The molecule has 1 aliphatic rings. The lowest BCUT2D eigenvalue weighted by atomic mass is 10.0. The predicted octanol–water partition coefficient (Wildman–Crippen LogP) is 1.84. The lowest BCUT2D eigenvalue weighted by Crippen LogP contribution is -2.37. The van der Waals surface area contributed by atoms with E-state index in [0.29, 0.717) is 22.6 Å². The monoisotopic (exact) mass is 426 g/mol. The molecule has 3 N–H and O–H groups in total. The molecule has 1 aliphatic heterocycles. The van der Waals surface area contributed by atoms with Crippen molar-refractivity contribution in [3.8, 4) is 23.1 Å². The van der Waals surface area contributed by atoms with Crippen LogP contribution in [0.4, 0.5) is 4.39 Å². The van der Waals surface area contributed by atoms with Gasteiger partial charge in [-0.3, -0.25) is 14.0 Å². The number of nitrogens with zero attached hydrogens (tertiary/aromatic N) is 3. The van der Waals surface area contributed by atoms with Gasteiger partial charge in [-0.05, 0) is 30.3 Å². The summed E-state index contributed by atoms with van der Waals surface area (Å²) in [5.74, 6) is 3.40. The van der Waals surface area contributed by atoms with Crippen molar-refractivity contribution in [1.82, 2.24) is 14.3 Å². The number of aromatic nitrogens is 2. The number of hydrogen-bond donors (Lipinski definition) is 2.